The summed E-state index contributed by atoms with van der Waals surface area (Å²) in [6.45, 7) is 10.3. The molecule has 0 spiro atoms. The highest BCUT2D eigenvalue weighted by Gasteiger charge is 2.11. The van der Waals surface area contributed by atoms with Gasteiger partial charge in [0.1, 0.15) is 5.82 Å². The third-order valence-corrected chi connectivity index (χ3v) is 5.53. The predicted octanol–water partition coefficient (Wildman–Crippen LogP) is 5.44. The Labute approximate surface area is 191 Å². The Balaban J connectivity index is 1.67. The summed E-state index contributed by atoms with van der Waals surface area (Å²) in [6.07, 6.45) is 4.48. The van der Waals surface area contributed by atoms with E-state index in [2.05, 4.69) is 48.1 Å². The van der Waals surface area contributed by atoms with Gasteiger partial charge in [-0.25, -0.2) is 4.98 Å². The number of ether oxygens (including phenoxy) is 2. The topological polar surface area (TPSA) is 59.5 Å². The SMILES string of the molecule is CCN(CC)CCCOc1ccc(-c2cncc(NC(C)c3ccccc3)n2)cc1OC. The number of nitrogens with zero attached hydrogens (tertiary/aromatic N) is 3. The second kappa shape index (κ2) is 12.1. The van der Waals surface area contributed by atoms with Crippen molar-refractivity contribution in [2.45, 2.75) is 33.2 Å². The molecule has 2 aromatic carbocycles. The van der Waals surface area contributed by atoms with Crippen molar-refractivity contribution >= 4 is 5.82 Å². The van der Waals surface area contributed by atoms with E-state index in [9.17, 15) is 0 Å². The van der Waals surface area contributed by atoms with Crippen LogP contribution >= 0.6 is 0 Å². The summed E-state index contributed by atoms with van der Waals surface area (Å²) in [7, 11) is 1.66. The first-order valence-electron chi connectivity index (χ1n) is 11.3. The molecule has 0 saturated heterocycles. The second-order valence-corrected chi connectivity index (χ2v) is 7.66. The number of nitrogens with one attached hydrogen (secondary N) is 1. The average molecular weight is 435 g/mol. The fraction of sp³-hybridized carbons (Fsp3) is 0.385. The molecule has 1 aromatic heterocycles. The van der Waals surface area contributed by atoms with Gasteiger partial charge in [0.2, 0.25) is 0 Å². The van der Waals surface area contributed by atoms with Gasteiger partial charge in [0.15, 0.2) is 11.5 Å². The van der Waals surface area contributed by atoms with Gasteiger partial charge in [-0.1, -0.05) is 44.2 Å². The van der Waals surface area contributed by atoms with Crippen LogP contribution in [0.2, 0.25) is 0 Å². The number of hydrogen-bond acceptors (Lipinski definition) is 6. The summed E-state index contributed by atoms with van der Waals surface area (Å²) in [5, 5.41) is 3.43. The molecule has 1 atom stereocenters. The zero-order chi connectivity index (χ0) is 22.8. The molecule has 32 heavy (non-hydrogen) atoms. The summed E-state index contributed by atoms with van der Waals surface area (Å²) >= 11 is 0. The van der Waals surface area contributed by atoms with Gasteiger partial charge in [0.05, 0.1) is 31.8 Å². The van der Waals surface area contributed by atoms with Crippen LogP contribution in [0.3, 0.4) is 0 Å². The lowest BCUT2D eigenvalue weighted by Crippen LogP contribution is -2.25. The molecule has 1 heterocycles. The molecule has 0 radical (unpaired) electrons. The highest BCUT2D eigenvalue weighted by Crippen LogP contribution is 2.32. The normalized spacial score (nSPS) is 11.9. The van der Waals surface area contributed by atoms with E-state index in [1.54, 1.807) is 19.5 Å². The maximum atomic E-state index is 5.98. The lowest BCUT2D eigenvalue weighted by Gasteiger charge is -2.18. The van der Waals surface area contributed by atoms with Gasteiger partial charge in [-0.15, -0.1) is 0 Å². The van der Waals surface area contributed by atoms with Crippen LogP contribution in [0.15, 0.2) is 60.9 Å². The minimum absolute atomic E-state index is 0.127. The van der Waals surface area contributed by atoms with Gasteiger partial charge >= 0.3 is 0 Å². The molecule has 170 valence electrons. The van der Waals surface area contributed by atoms with Gasteiger partial charge in [-0.2, -0.15) is 0 Å². The molecule has 0 aliphatic carbocycles. The van der Waals surface area contributed by atoms with E-state index >= 15 is 0 Å². The van der Waals surface area contributed by atoms with Crippen molar-refractivity contribution in [2.24, 2.45) is 0 Å². The first-order valence-corrected chi connectivity index (χ1v) is 11.3. The Morgan fingerprint density at radius 3 is 2.50 bits per heavy atom. The van der Waals surface area contributed by atoms with Crippen molar-refractivity contribution in [1.82, 2.24) is 14.9 Å². The largest absolute Gasteiger partial charge is 0.493 e. The van der Waals surface area contributed by atoms with Crippen LogP contribution in [0.25, 0.3) is 11.3 Å². The van der Waals surface area contributed by atoms with Crippen LogP contribution in [-0.2, 0) is 0 Å². The van der Waals surface area contributed by atoms with Crippen molar-refractivity contribution in [1.29, 1.82) is 0 Å². The van der Waals surface area contributed by atoms with Crippen LogP contribution in [0.1, 0.15) is 38.8 Å². The third kappa shape index (κ3) is 6.44. The van der Waals surface area contributed by atoms with Crippen LogP contribution in [0.5, 0.6) is 11.5 Å². The fourth-order valence-electron chi connectivity index (χ4n) is 3.58. The molecule has 3 aromatic rings. The molecule has 1 N–H and O–H groups in total. The van der Waals surface area contributed by atoms with Crippen molar-refractivity contribution < 1.29 is 9.47 Å². The van der Waals surface area contributed by atoms with Crippen LogP contribution in [-0.4, -0.2) is 48.2 Å². The van der Waals surface area contributed by atoms with E-state index in [1.807, 2.05) is 36.4 Å². The first kappa shape index (κ1) is 23.5. The molecule has 0 aliphatic heterocycles. The number of anilines is 1. The summed E-state index contributed by atoms with van der Waals surface area (Å²) in [4.78, 5) is 11.5. The van der Waals surface area contributed by atoms with Gasteiger partial charge in [-0.05, 0) is 50.2 Å². The minimum atomic E-state index is 0.127. The number of benzene rings is 2. The van der Waals surface area contributed by atoms with Crippen LogP contribution in [0.4, 0.5) is 5.82 Å². The fourth-order valence-corrected chi connectivity index (χ4v) is 3.58. The molecule has 3 rings (SSSR count). The Kier molecular flexibility index (Phi) is 8.87. The van der Waals surface area contributed by atoms with E-state index in [4.69, 9.17) is 14.5 Å². The molecular formula is C26H34N4O2. The Hall–Kier alpha value is -3.12. The highest BCUT2D eigenvalue weighted by atomic mass is 16.5. The molecule has 1 unspecified atom stereocenters. The quantitative estimate of drug-likeness (QED) is 0.383. The minimum Gasteiger partial charge on any atom is -0.493 e. The molecule has 0 saturated carbocycles. The van der Waals surface area contributed by atoms with Gasteiger partial charge in [-0.3, -0.25) is 4.98 Å². The Morgan fingerprint density at radius 2 is 1.78 bits per heavy atom. The summed E-state index contributed by atoms with van der Waals surface area (Å²) in [6, 6.07) is 16.3. The smallest absolute Gasteiger partial charge is 0.161 e. The zero-order valence-corrected chi connectivity index (χ0v) is 19.5. The average Bonchev–Trinajstić information content (AvgIpc) is 2.85. The first-order chi connectivity index (χ1) is 15.6. The number of methoxy groups -OCH3 is 1. The van der Waals surface area contributed by atoms with Gasteiger partial charge in [0.25, 0.3) is 0 Å². The Morgan fingerprint density at radius 1 is 1.00 bits per heavy atom. The molecule has 0 bridgehead atoms. The maximum Gasteiger partial charge on any atom is 0.161 e. The molecule has 6 nitrogen and oxygen atoms in total. The van der Waals surface area contributed by atoms with Crippen molar-refractivity contribution in [3.63, 3.8) is 0 Å². The third-order valence-electron chi connectivity index (χ3n) is 5.53. The molecule has 0 fully saturated rings. The van der Waals surface area contributed by atoms with Gasteiger partial charge < -0.3 is 19.7 Å². The number of rotatable bonds is 12. The molecule has 6 heteroatoms. The van der Waals surface area contributed by atoms with Crippen LogP contribution < -0.4 is 14.8 Å². The van der Waals surface area contributed by atoms with Crippen molar-refractivity contribution in [3.05, 3.63) is 66.5 Å². The van der Waals surface area contributed by atoms with E-state index in [-0.39, 0.29) is 6.04 Å². The molecule has 0 amide bonds. The summed E-state index contributed by atoms with van der Waals surface area (Å²) < 4.78 is 11.6. The molecular weight excluding hydrogens is 400 g/mol. The van der Waals surface area contributed by atoms with E-state index < -0.39 is 0 Å². The lowest BCUT2D eigenvalue weighted by molar-refractivity contribution is 0.242. The zero-order valence-electron chi connectivity index (χ0n) is 19.5. The summed E-state index contributed by atoms with van der Waals surface area (Å²) in [5.41, 5.74) is 2.91. The standard InChI is InChI=1S/C26H34N4O2/c1-5-30(6-2)15-10-16-32-24-14-13-22(17-25(24)31-4)23-18-27-19-26(29-23)28-20(3)21-11-8-7-9-12-21/h7-9,11-14,17-20H,5-6,10,15-16H2,1-4H3,(H,28,29). The Bertz CT molecular complexity index is 961. The van der Waals surface area contributed by atoms with E-state index in [1.165, 1.54) is 5.56 Å². The second-order valence-electron chi connectivity index (χ2n) is 7.66. The molecule has 0 aliphatic rings. The lowest BCUT2D eigenvalue weighted by atomic mass is 10.1. The van der Waals surface area contributed by atoms with E-state index in [0.29, 0.717) is 12.4 Å². The van der Waals surface area contributed by atoms with E-state index in [0.717, 1.165) is 48.9 Å². The maximum absolute atomic E-state index is 5.98. The van der Waals surface area contributed by atoms with Gasteiger partial charge in [0, 0.05) is 18.2 Å². The van der Waals surface area contributed by atoms with Crippen molar-refractivity contribution in [2.75, 3.05) is 38.7 Å². The highest BCUT2D eigenvalue weighted by molar-refractivity contribution is 5.64. The number of aromatic nitrogens is 2. The van der Waals surface area contributed by atoms with Crippen LogP contribution in [0, 0.1) is 0 Å². The van der Waals surface area contributed by atoms with Crippen molar-refractivity contribution in [3.8, 4) is 22.8 Å². The predicted molar refractivity (Wildman–Crippen MR) is 130 cm³/mol. The monoisotopic (exact) mass is 434 g/mol. The summed E-state index contributed by atoms with van der Waals surface area (Å²) in [5.74, 6) is 2.17. The number of hydrogen-bond donors (Lipinski definition) is 1.